The Hall–Kier alpha value is -3.85. The fourth-order valence-corrected chi connectivity index (χ4v) is 4.96. The van der Waals surface area contributed by atoms with Gasteiger partial charge in [-0.3, -0.25) is 14.5 Å². The van der Waals surface area contributed by atoms with Crippen LogP contribution in [0.25, 0.3) is 11.0 Å². The number of benzene rings is 2. The summed E-state index contributed by atoms with van der Waals surface area (Å²) < 4.78 is 10.8. The van der Waals surface area contributed by atoms with Crippen LogP contribution in [0, 0.1) is 0 Å². The molecule has 0 spiro atoms. The monoisotopic (exact) mass is 475 g/mol. The molecule has 2 aromatic heterocycles. The van der Waals surface area contributed by atoms with E-state index in [2.05, 4.69) is 10.2 Å². The van der Waals surface area contributed by atoms with Crippen molar-refractivity contribution in [3.05, 3.63) is 85.7 Å². The van der Waals surface area contributed by atoms with E-state index in [4.69, 9.17) is 9.15 Å². The predicted octanol–water partition coefficient (Wildman–Crippen LogP) is 4.31. The number of aryl methyl sites for hydroxylation is 2. The lowest BCUT2D eigenvalue weighted by atomic mass is 9.97. The highest BCUT2D eigenvalue weighted by Crippen LogP contribution is 2.42. The number of hydrogen-bond acceptors (Lipinski definition) is 8. The topological polar surface area (TPSA) is 103 Å². The number of fused-ring (bicyclic) bond motifs is 2. The van der Waals surface area contributed by atoms with Gasteiger partial charge in [0.1, 0.15) is 10.6 Å². The van der Waals surface area contributed by atoms with E-state index >= 15 is 0 Å². The molecule has 1 atom stereocenters. The van der Waals surface area contributed by atoms with Crippen LogP contribution in [0.4, 0.5) is 5.13 Å². The van der Waals surface area contributed by atoms with Gasteiger partial charge < -0.3 is 9.15 Å². The lowest BCUT2D eigenvalue weighted by Crippen LogP contribution is -2.29. The van der Waals surface area contributed by atoms with Gasteiger partial charge in [0.05, 0.1) is 29.7 Å². The molecular formula is C25H21N3O5S. The van der Waals surface area contributed by atoms with Crippen molar-refractivity contribution in [1.29, 1.82) is 0 Å². The van der Waals surface area contributed by atoms with Crippen LogP contribution in [0.15, 0.2) is 51.7 Å². The van der Waals surface area contributed by atoms with Crippen LogP contribution in [0.2, 0.25) is 0 Å². The van der Waals surface area contributed by atoms with E-state index in [1.54, 1.807) is 30.3 Å². The minimum atomic E-state index is -0.766. The lowest BCUT2D eigenvalue weighted by molar-refractivity contribution is 0.0600. The molecule has 0 saturated heterocycles. The molecule has 0 N–H and O–H groups in total. The molecule has 172 valence electrons. The molecule has 8 nitrogen and oxygen atoms in total. The maximum absolute atomic E-state index is 13.7. The quantitative estimate of drug-likeness (QED) is 0.396. The third kappa shape index (κ3) is 3.40. The Morgan fingerprint density at radius 3 is 2.50 bits per heavy atom. The van der Waals surface area contributed by atoms with Gasteiger partial charge in [0.25, 0.3) is 5.91 Å². The fraction of sp³-hybridized carbons (Fsp3) is 0.240. The molecule has 2 aromatic carbocycles. The molecule has 4 aromatic rings. The number of nitrogens with zero attached hydrogens (tertiary/aromatic N) is 3. The fourth-order valence-electron chi connectivity index (χ4n) is 4.16. The highest BCUT2D eigenvalue weighted by atomic mass is 32.1. The standard InChI is InChI=1S/C25H21N3O5S/c1-4-13-6-11-17-16(12-13)21(29)19-20(14-7-9-15(10-8-14)24(31)32-3)28(23(30)22(19)33-17)25-27-26-18(5-2)34-25/h6-12,20H,4-5H2,1-3H3. The zero-order valence-electron chi connectivity index (χ0n) is 18.8. The van der Waals surface area contributed by atoms with Crippen molar-refractivity contribution in [2.75, 3.05) is 12.0 Å². The Labute approximate surface area is 198 Å². The van der Waals surface area contributed by atoms with Crippen molar-refractivity contribution < 1.29 is 18.7 Å². The van der Waals surface area contributed by atoms with Crippen LogP contribution >= 0.6 is 11.3 Å². The van der Waals surface area contributed by atoms with Gasteiger partial charge in [-0.2, -0.15) is 0 Å². The summed E-state index contributed by atoms with van der Waals surface area (Å²) in [4.78, 5) is 40.7. The summed E-state index contributed by atoms with van der Waals surface area (Å²) in [6.45, 7) is 3.96. The van der Waals surface area contributed by atoms with E-state index in [1.807, 2.05) is 26.0 Å². The highest BCUT2D eigenvalue weighted by Gasteiger charge is 2.45. The van der Waals surface area contributed by atoms with E-state index < -0.39 is 17.9 Å². The molecule has 0 bridgehead atoms. The maximum atomic E-state index is 13.7. The molecule has 3 heterocycles. The number of amides is 1. The molecule has 34 heavy (non-hydrogen) atoms. The first-order valence-electron chi connectivity index (χ1n) is 10.9. The number of hydrogen-bond donors (Lipinski definition) is 0. The van der Waals surface area contributed by atoms with E-state index in [0.29, 0.717) is 33.6 Å². The number of carbonyl (C=O) groups is 2. The van der Waals surface area contributed by atoms with Crippen LogP contribution in [0.3, 0.4) is 0 Å². The zero-order valence-corrected chi connectivity index (χ0v) is 19.6. The number of rotatable bonds is 5. The second-order valence-corrected chi connectivity index (χ2v) is 8.92. The van der Waals surface area contributed by atoms with Crippen molar-refractivity contribution in [2.45, 2.75) is 32.7 Å². The van der Waals surface area contributed by atoms with Gasteiger partial charge in [0.2, 0.25) is 10.9 Å². The Morgan fingerprint density at radius 1 is 1.09 bits per heavy atom. The average molecular weight is 476 g/mol. The largest absolute Gasteiger partial charge is 0.465 e. The summed E-state index contributed by atoms with van der Waals surface area (Å²) in [7, 11) is 1.31. The van der Waals surface area contributed by atoms with Crippen LogP contribution in [0.5, 0.6) is 0 Å². The molecule has 0 aliphatic carbocycles. The maximum Gasteiger partial charge on any atom is 0.337 e. The summed E-state index contributed by atoms with van der Waals surface area (Å²) in [5, 5.41) is 9.96. The summed E-state index contributed by atoms with van der Waals surface area (Å²) in [6.07, 6.45) is 1.44. The number of ether oxygens (including phenoxy) is 1. The van der Waals surface area contributed by atoms with Crippen LogP contribution in [-0.4, -0.2) is 29.2 Å². The molecule has 1 aliphatic heterocycles. The van der Waals surface area contributed by atoms with E-state index in [0.717, 1.165) is 17.0 Å². The van der Waals surface area contributed by atoms with Crippen LogP contribution in [0.1, 0.15) is 62.5 Å². The Bertz CT molecular complexity index is 1490. The first-order valence-corrected chi connectivity index (χ1v) is 11.7. The molecule has 1 unspecified atom stereocenters. The summed E-state index contributed by atoms with van der Waals surface area (Å²) in [5.74, 6) is -0.924. The second kappa shape index (κ2) is 8.49. The van der Waals surface area contributed by atoms with Gasteiger partial charge in [-0.15, -0.1) is 10.2 Å². The van der Waals surface area contributed by atoms with Gasteiger partial charge in [-0.25, -0.2) is 4.79 Å². The lowest BCUT2D eigenvalue weighted by Gasteiger charge is -2.22. The summed E-state index contributed by atoms with van der Waals surface area (Å²) >= 11 is 1.30. The molecule has 1 amide bonds. The normalized spacial score (nSPS) is 15.1. The molecule has 1 aliphatic rings. The predicted molar refractivity (Wildman–Crippen MR) is 128 cm³/mol. The smallest absolute Gasteiger partial charge is 0.337 e. The number of carbonyl (C=O) groups excluding carboxylic acids is 2. The minimum absolute atomic E-state index is 0.00274. The first kappa shape index (κ1) is 22.0. The number of methoxy groups -OCH3 is 1. The van der Waals surface area contributed by atoms with Gasteiger partial charge in [-0.05, 0) is 48.2 Å². The van der Waals surface area contributed by atoms with Crippen LogP contribution in [-0.2, 0) is 17.6 Å². The number of anilines is 1. The molecular weight excluding hydrogens is 454 g/mol. The SMILES string of the molecule is CCc1ccc2oc3c(c(=O)c2c1)C(c1ccc(C(=O)OC)cc1)N(c1nnc(CC)s1)C3=O. The summed E-state index contributed by atoms with van der Waals surface area (Å²) in [6, 6.07) is 11.3. The molecule has 9 heteroatoms. The van der Waals surface area contributed by atoms with Crippen molar-refractivity contribution in [1.82, 2.24) is 10.2 Å². The van der Waals surface area contributed by atoms with Crippen LogP contribution < -0.4 is 10.3 Å². The van der Waals surface area contributed by atoms with Gasteiger partial charge >= 0.3 is 5.97 Å². The van der Waals surface area contributed by atoms with Crippen molar-refractivity contribution in [2.24, 2.45) is 0 Å². The van der Waals surface area contributed by atoms with Gasteiger partial charge in [0, 0.05) is 0 Å². The van der Waals surface area contributed by atoms with Crippen molar-refractivity contribution in [3.63, 3.8) is 0 Å². The van der Waals surface area contributed by atoms with E-state index in [-0.39, 0.29) is 16.8 Å². The summed E-state index contributed by atoms with van der Waals surface area (Å²) in [5.41, 5.74) is 2.37. The third-order valence-corrected chi connectivity index (χ3v) is 7.02. The molecule has 0 fully saturated rings. The number of aromatic nitrogens is 2. The Kier molecular flexibility index (Phi) is 5.49. The Balaban J connectivity index is 1.74. The molecule has 0 saturated carbocycles. The average Bonchev–Trinajstić information content (AvgIpc) is 3.46. The zero-order chi connectivity index (χ0) is 24.0. The Morgan fingerprint density at radius 2 is 1.85 bits per heavy atom. The van der Waals surface area contributed by atoms with Gasteiger partial charge in [0.15, 0.2) is 5.43 Å². The molecule has 5 rings (SSSR count). The number of esters is 1. The third-order valence-electron chi connectivity index (χ3n) is 5.96. The van der Waals surface area contributed by atoms with Crippen molar-refractivity contribution >= 4 is 39.3 Å². The van der Waals surface area contributed by atoms with Gasteiger partial charge in [-0.1, -0.05) is 43.4 Å². The van der Waals surface area contributed by atoms with E-state index in [9.17, 15) is 14.4 Å². The van der Waals surface area contributed by atoms with Crippen molar-refractivity contribution in [3.8, 4) is 0 Å². The minimum Gasteiger partial charge on any atom is -0.465 e. The molecule has 0 radical (unpaired) electrons. The second-order valence-electron chi connectivity index (χ2n) is 7.88. The van der Waals surface area contributed by atoms with E-state index in [1.165, 1.54) is 23.3 Å². The first-order chi connectivity index (χ1) is 16.5. The highest BCUT2D eigenvalue weighted by molar-refractivity contribution is 7.15.